The van der Waals surface area contributed by atoms with Crippen molar-refractivity contribution in [3.05, 3.63) is 34.9 Å². The quantitative estimate of drug-likeness (QED) is 0.842. The molecule has 1 aromatic carbocycles. The number of nitrogens with one attached hydrogen (secondary N) is 1. The molecule has 2 aliphatic heterocycles. The van der Waals surface area contributed by atoms with Crippen molar-refractivity contribution >= 4 is 24.2 Å². The van der Waals surface area contributed by atoms with Crippen LogP contribution in [0.2, 0.25) is 0 Å². The van der Waals surface area contributed by atoms with E-state index in [1.165, 1.54) is 11.1 Å². The third-order valence-corrected chi connectivity index (χ3v) is 4.10. The Hall–Kier alpha value is -1.59. The Kier molecular flexibility index (Phi) is 4.85. The van der Waals surface area contributed by atoms with E-state index in [9.17, 15) is 9.59 Å². The number of hydrogen-bond donors (Lipinski definition) is 1. The van der Waals surface area contributed by atoms with Crippen LogP contribution in [0.25, 0.3) is 0 Å². The Labute approximate surface area is 130 Å². The van der Waals surface area contributed by atoms with Crippen LogP contribution < -0.4 is 5.32 Å². The molecule has 0 aromatic heterocycles. The SMILES string of the molecule is CC(=O)N1CCN(C(=O)c2ccc3c(c2)CNC3)CC1.Cl. The summed E-state index contributed by atoms with van der Waals surface area (Å²) < 4.78 is 0. The van der Waals surface area contributed by atoms with Crippen LogP contribution in [0, 0.1) is 0 Å². The highest BCUT2D eigenvalue weighted by Gasteiger charge is 2.24. The van der Waals surface area contributed by atoms with Crippen LogP contribution in [-0.4, -0.2) is 47.8 Å². The number of halogens is 1. The molecule has 0 radical (unpaired) electrons. The van der Waals surface area contributed by atoms with Gasteiger partial charge in [0.2, 0.25) is 5.91 Å². The molecule has 2 aliphatic rings. The molecule has 1 N–H and O–H groups in total. The van der Waals surface area contributed by atoms with E-state index >= 15 is 0 Å². The summed E-state index contributed by atoms with van der Waals surface area (Å²) in [4.78, 5) is 27.4. The zero-order valence-electron chi connectivity index (χ0n) is 12.1. The molecular weight excluding hydrogens is 290 g/mol. The van der Waals surface area contributed by atoms with Gasteiger partial charge in [0.05, 0.1) is 0 Å². The van der Waals surface area contributed by atoms with Gasteiger partial charge in [-0.2, -0.15) is 0 Å². The van der Waals surface area contributed by atoms with Crippen LogP contribution in [0.1, 0.15) is 28.4 Å². The van der Waals surface area contributed by atoms with Crippen molar-refractivity contribution < 1.29 is 9.59 Å². The van der Waals surface area contributed by atoms with Gasteiger partial charge < -0.3 is 15.1 Å². The number of carbonyl (C=O) groups is 2. The van der Waals surface area contributed by atoms with Gasteiger partial charge in [-0.1, -0.05) is 6.07 Å². The van der Waals surface area contributed by atoms with Crippen LogP contribution in [0.5, 0.6) is 0 Å². The molecule has 0 atom stereocenters. The summed E-state index contributed by atoms with van der Waals surface area (Å²) in [5.74, 6) is 0.156. The van der Waals surface area contributed by atoms with Gasteiger partial charge in [-0.3, -0.25) is 9.59 Å². The smallest absolute Gasteiger partial charge is 0.253 e. The molecule has 2 heterocycles. The average Bonchev–Trinajstić information content (AvgIpc) is 2.94. The topological polar surface area (TPSA) is 52.7 Å². The van der Waals surface area contributed by atoms with Crippen molar-refractivity contribution in [3.63, 3.8) is 0 Å². The summed E-state index contributed by atoms with van der Waals surface area (Å²) in [7, 11) is 0. The Morgan fingerprint density at radius 3 is 2.29 bits per heavy atom. The van der Waals surface area contributed by atoms with Crippen molar-refractivity contribution in [1.82, 2.24) is 15.1 Å². The van der Waals surface area contributed by atoms with E-state index in [2.05, 4.69) is 5.32 Å². The van der Waals surface area contributed by atoms with E-state index in [1.807, 2.05) is 23.1 Å². The van der Waals surface area contributed by atoms with Gasteiger partial charge in [0.1, 0.15) is 0 Å². The van der Waals surface area contributed by atoms with E-state index in [0.717, 1.165) is 18.7 Å². The zero-order chi connectivity index (χ0) is 14.1. The Morgan fingerprint density at radius 1 is 1.00 bits per heavy atom. The Morgan fingerprint density at radius 2 is 1.62 bits per heavy atom. The van der Waals surface area contributed by atoms with Crippen LogP contribution in [-0.2, 0) is 17.9 Å². The lowest BCUT2D eigenvalue weighted by Gasteiger charge is -2.34. The molecular formula is C15H20ClN3O2. The number of fused-ring (bicyclic) bond motifs is 1. The highest BCUT2D eigenvalue weighted by atomic mass is 35.5. The molecule has 1 saturated heterocycles. The van der Waals surface area contributed by atoms with Crippen molar-refractivity contribution in [2.75, 3.05) is 26.2 Å². The molecule has 2 amide bonds. The highest BCUT2D eigenvalue weighted by molar-refractivity contribution is 5.94. The second-order valence-electron chi connectivity index (χ2n) is 5.39. The maximum atomic E-state index is 12.5. The second kappa shape index (κ2) is 6.45. The fourth-order valence-electron chi connectivity index (χ4n) is 2.83. The van der Waals surface area contributed by atoms with E-state index in [4.69, 9.17) is 0 Å². The average molecular weight is 310 g/mol. The highest BCUT2D eigenvalue weighted by Crippen LogP contribution is 2.18. The first-order valence-corrected chi connectivity index (χ1v) is 7.02. The van der Waals surface area contributed by atoms with E-state index in [-0.39, 0.29) is 24.2 Å². The van der Waals surface area contributed by atoms with Crippen LogP contribution in [0.4, 0.5) is 0 Å². The standard InChI is InChI=1S/C15H19N3O2.ClH/c1-11(19)17-4-6-18(7-5-17)15(20)12-2-3-13-9-16-10-14(13)8-12;/h2-3,8,16H,4-7,9-10H2,1H3;1H. The number of rotatable bonds is 1. The summed E-state index contributed by atoms with van der Waals surface area (Å²) >= 11 is 0. The van der Waals surface area contributed by atoms with Gasteiger partial charge in [0.15, 0.2) is 0 Å². The number of piperazine rings is 1. The molecule has 0 spiro atoms. The molecule has 1 fully saturated rings. The molecule has 5 nitrogen and oxygen atoms in total. The fraction of sp³-hybridized carbons (Fsp3) is 0.467. The zero-order valence-corrected chi connectivity index (χ0v) is 12.9. The summed E-state index contributed by atoms with van der Waals surface area (Å²) in [6.07, 6.45) is 0. The second-order valence-corrected chi connectivity index (χ2v) is 5.39. The van der Waals surface area contributed by atoms with Crippen molar-refractivity contribution in [3.8, 4) is 0 Å². The first-order chi connectivity index (χ1) is 9.65. The number of carbonyl (C=O) groups excluding carboxylic acids is 2. The molecule has 0 aliphatic carbocycles. The van der Waals surface area contributed by atoms with Crippen LogP contribution >= 0.6 is 12.4 Å². The molecule has 3 rings (SSSR count). The number of nitrogens with zero attached hydrogens (tertiary/aromatic N) is 2. The number of hydrogen-bond acceptors (Lipinski definition) is 3. The molecule has 21 heavy (non-hydrogen) atoms. The fourth-order valence-corrected chi connectivity index (χ4v) is 2.83. The first-order valence-electron chi connectivity index (χ1n) is 7.02. The summed E-state index contributed by atoms with van der Waals surface area (Å²) in [6.45, 7) is 5.81. The number of benzene rings is 1. The molecule has 0 saturated carbocycles. The molecule has 0 bridgehead atoms. The molecule has 1 aromatic rings. The van der Waals surface area contributed by atoms with Gasteiger partial charge in [-0.15, -0.1) is 12.4 Å². The Balaban J connectivity index is 0.00000161. The largest absolute Gasteiger partial charge is 0.339 e. The molecule has 114 valence electrons. The van der Waals surface area contributed by atoms with Crippen LogP contribution in [0.15, 0.2) is 18.2 Å². The lowest BCUT2D eigenvalue weighted by molar-refractivity contribution is -0.130. The van der Waals surface area contributed by atoms with Crippen molar-refractivity contribution in [1.29, 1.82) is 0 Å². The summed E-state index contributed by atoms with van der Waals surface area (Å²) in [5, 5.41) is 3.28. The lowest BCUT2D eigenvalue weighted by atomic mass is 10.1. The van der Waals surface area contributed by atoms with Crippen molar-refractivity contribution in [2.45, 2.75) is 20.0 Å². The lowest BCUT2D eigenvalue weighted by Crippen LogP contribution is -2.50. The van der Waals surface area contributed by atoms with Gasteiger partial charge >= 0.3 is 0 Å². The normalized spacial score (nSPS) is 17.2. The minimum Gasteiger partial charge on any atom is -0.339 e. The molecule has 0 unspecified atom stereocenters. The maximum absolute atomic E-state index is 12.5. The predicted octanol–water partition coefficient (Wildman–Crippen LogP) is 1.02. The van der Waals surface area contributed by atoms with E-state index in [1.54, 1.807) is 11.8 Å². The summed E-state index contributed by atoms with van der Waals surface area (Å²) in [6, 6.07) is 5.94. The third kappa shape index (κ3) is 3.19. The van der Waals surface area contributed by atoms with E-state index in [0.29, 0.717) is 26.2 Å². The van der Waals surface area contributed by atoms with E-state index < -0.39 is 0 Å². The van der Waals surface area contributed by atoms with Gasteiger partial charge in [0, 0.05) is 51.8 Å². The minimum absolute atomic E-state index is 0. The maximum Gasteiger partial charge on any atom is 0.253 e. The van der Waals surface area contributed by atoms with Gasteiger partial charge in [0.25, 0.3) is 5.91 Å². The van der Waals surface area contributed by atoms with Crippen molar-refractivity contribution in [2.24, 2.45) is 0 Å². The predicted molar refractivity (Wildman–Crippen MR) is 82.4 cm³/mol. The van der Waals surface area contributed by atoms with Gasteiger partial charge in [-0.25, -0.2) is 0 Å². The third-order valence-electron chi connectivity index (χ3n) is 4.10. The monoisotopic (exact) mass is 309 g/mol. The molecule has 6 heteroatoms. The minimum atomic E-state index is 0. The number of amides is 2. The summed E-state index contributed by atoms with van der Waals surface area (Å²) in [5.41, 5.74) is 3.25. The van der Waals surface area contributed by atoms with Crippen LogP contribution in [0.3, 0.4) is 0 Å². The van der Waals surface area contributed by atoms with Gasteiger partial charge in [-0.05, 0) is 23.3 Å². The first kappa shape index (κ1) is 15.8. The Bertz CT molecular complexity index is 554.